The van der Waals surface area contributed by atoms with Crippen LogP contribution in [0.5, 0.6) is 0 Å². The molecule has 12 aromatic rings. The van der Waals surface area contributed by atoms with Gasteiger partial charge in [-0.3, -0.25) is 34.6 Å². The number of H-pyrrole nitrogens is 5. The van der Waals surface area contributed by atoms with E-state index in [0.717, 1.165) is 109 Å². The molecule has 9 N–H and O–H groups in total. The number of rotatable bonds is 16. The number of aromatic nitrogens is 10. The Balaban J connectivity index is 0.000000334. The summed E-state index contributed by atoms with van der Waals surface area (Å²) in [5.41, 5.74) is 24.3. The number of benzene rings is 7. The molecule has 0 amide bonds. The number of nitrogens with zero attached hydrogens (tertiary/aromatic N) is 10. The van der Waals surface area contributed by atoms with E-state index < -0.39 is 34.8 Å². The van der Waals surface area contributed by atoms with Crippen molar-refractivity contribution in [2.24, 2.45) is 25.0 Å². The predicted octanol–water partition coefficient (Wildman–Crippen LogP) is 21.0. The van der Waals surface area contributed by atoms with E-state index in [4.69, 9.17) is 71.5 Å². The highest BCUT2D eigenvalue weighted by atomic mass is 79.9. The van der Waals surface area contributed by atoms with Crippen LogP contribution in [-0.4, -0.2) is 205 Å². The summed E-state index contributed by atoms with van der Waals surface area (Å²) in [7, 11) is 2.08. The number of ketones is 1. The number of allylic oxidation sites excluding steroid dienone is 1. The minimum absolute atomic E-state index is 0. The number of ether oxygens (including phenoxy) is 4. The first-order chi connectivity index (χ1) is 66.5. The number of aldehydes is 1. The first kappa shape index (κ1) is 122. The lowest BCUT2D eigenvalue weighted by Gasteiger charge is -2.25. The number of imidazole rings is 5. The summed E-state index contributed by atoms with van der Waals surface area (Å²) in [4.78, 5) is 123. The third kappa shape index (κ3) is 36.9. The van der Waals surface area contributed by atoms with E-state index in [9.17, 15) is 24.6 Å². The number of aliphatic hydroxyl groups excluding tert-OH is 2. The second-order valence-corrected chi connectivity index (χ2v) is 37.3. The van der Waals surface area contributed by atoms with Crippen molar-refractivity contribution in [2.75, 3.05) is 52.2 Å². The average Bonchev–Trinajstić information content (AvgIpc) is 1.70. The number of nitrogens with one attached hydrogen (secondary N) is 5. The molecule has 0 radical (unpaired) electrons. The van der Waals surface area contributed by atoms with E-state index in [1.165, 1.54) is 62.9 Å². The lowest BCUT2D eigenvalue weighted by atomic mass is 9.86. The Morgan fingerprint density at radius 3 is 1.26 bits per heavy atom. The lowest BCUT2D eigenvalue weighted by molar-refractivity contribution is -0.193. The first-order valence-electron chi connectivity index (χ1n) is 44.2. The quantitative estimate of drug-likeness (QED) is 0.0188. The second kappa shape index (κ2) is 59.9. The maximum absolute atomic E-state index is 12.5. The summed E-state index contributed by atoms with van der Waals surface area (Å²) in [6, 6.07) is 43.6. The molecule has 5 aliphatic rings. The molecular weight excluding hydrogens is 2010 g/mol. The molecule has 0 bridgehead atoms. The van der Waals surface area contributed by atoms with Crippen molar-refractivity contribution in [3.05, 3.63) is 345 Å². The number of aromatic carboxylic acids is 1. The van der Waals surface area contributed by atoms with Crippen LogP contribution in [0.15, 0.2) is 242 Å². The maximum atomic E-state index is 12.5. The monoisotopic (exact) mass is 2130 g/mol. The van der Waals surface area contributed by atoms with Crippen molar-refractivity contribution in [3.8, 4) is 0 Å². The molecule has 0 saturated heterocycles. The highest BCUT2D eigenvalue weighted by Gasteiger charge is 2.34. The summed E-state index contributed by atoms with van der Waals surface area (Å²) >= 11 is 16.3. The van der Waals surface area contributed by atoms with Gasteiger partial charge in [0.15, 0.2) is 22.9 Å². The summed E-state index contributed by atoms with van der Waals surface area (Å²) in [5.74, 6) is -0.180. The fourth-order valence-corrected chi connectivity index (χ4v) is 15.4. The van der Waals surface area contributed by atoms with E-state index in [2.05, 4.69) is 210 Å². The zero-order valence-electron chi connectivity index (χ0n) is 83.4. The highest BCUT2D eigenvalue weighted by Crippen LogP contribution is 2.36. The van der Waals surface area contributed by atoms with Gasteiger partial charge in [0, 0.05) is 104 Å². The van der Waals surface area contributed by atoms with Gasteiger partial charge in [-0.2, -0.15) is 19.2 Å². The molecule has 36 heteroatoms. The van der Waals surface area contributed by atoms with E-state index in [1.54, 1.807) is 76.1 Å². The standard InChI is InChI=1S/C17H21N3O2.C16H19N3O2.C16H17N3O2.C13H16N2.C12H14BrNO.C12H14N2.C8H7BrO2.C5H5NO.C2H7P.CH2Cl2.2CO2.CH4O.ClH/c1-11-12(14-9-22-16(2,3)20-14)6-5-7-13(11)17(4,21)15-8-18-10-19-15;2*1-10-11(14-8-21-16(2,3)19-14)5-4-6-12(10)15(20)13-7-17-9-18-13;1-9-5-4-6-12(10(9)2)11(3)13-7-14-8-15-13;1-8-9(5-4-6-10(8)13)11-7-15-12(2,3)14-11;1-9-5-3-4-6-11(9)10(2)12-7-13-8-14-12;1-5-6(8(10)11)3-2-4-7(5)9;7-4-5-1-2-6-3-5;1-3-2;3*2-1-3;1-2;/h5-8,10,21H,9H2,1-4H3,(H,18,19);4-7,9,15,20H,8H2,1-3H3,(H,17,18);4-7,9H,8H2,1-3H3,(H,17,18);4-8,11H,1-3H3,(H,14,15);4-6H,7H2,1-3H3;3-8,10H,1-2H3,(H,13,14);2-4H,1H3,(H,10,11);2-4H,1H2;3H,1-2H3;1H2;;;2H,1H3;1H. The van der Waals surface area contributed by atoms with E-state index in [0.29, 0.717) is 72.9 Å². The van der Waals surface area contributed by atoms with Gasteiger partial charge in [0.2, 0.25) is 5.78 Å². The predicted molar refractivity (Wildman–Crippen MR) is 565 cm³/mol. The number of aliphatic imine (C=N–C) groups is 5. The number of carbonyl (C=O) groups excluding carboxylic acids is 6. The smallest absolute Gasteiger partial charge is 0.373 e. The topological polar surface area (TPSA) is 443 Å². The molecule has 0 spiro atoms. The summed E-state index contributed by atoms with van der Waals surface area (Å²) in [6.45, 7) is 44.4. The number of carbonyl (C=O) groups is 3. The number of hydrogen-bond acceptors (Lipinski definition) is 24. The van der Waals surface area contributed by atoms with Crippen molar-refractivity contribution in [1.82, 2.24) is 49.8 Å². The van der Waals surface area contributed by atoms with E-state index >= 15 is 0 Å². The Labute approximate surface area is 859 Å². The van der Waals surface area contributed by atoms with Crippen LogP contribution in [0.25, 0.3) is 0 Å². The Morgan fingerprint density at radius 1 is 0.489 bits per heavy atom. The number of aromatic amines is 5. The number of alkyl halides is 2. The number of hydrogen-bond donors (Lipinski definition) is 9. The van der Waals surface area contributed by atoms with Gasteiger partial charge >= 0.3 is 18.3 Å². The Morgan fingerprint density at radius 2 is 0.858 bits per heavy atom. The van der Waals surface area contributed by atoms with Crippen LogP contribution >= 0.6 is 76.0 Å². The molecule has 4 atom stereocenters. The van der Waals surface area contributed by atoms with Crippen molar-refractivity contribution in [1.29, 1.82) is 0 Å². The summed E-state index contributed by atoms with van der Waals surface area (Å²) in [5, 5.41) is 37.3. The molecule has 0 fully saturated rings. The van der Waals surface area contributed by atoms with Crippen LogP contribution in [0.3, 0.4) is 0 Å². The molecule has 7 aromatic carbocycles. The summed E-state index contributed by atoms with van der Waals surface area (Å²) < 4.78 is 24.5. The van der Waals surface area contributed by atoms with Crippen molar-refractivity contribution < 1.29 is 72.9 Å². The van der Waals surface area contributed by atoms with Crippen LogP contribution in [-0.2, 0) is 48.5 Å². The third-order valence-electron chi connectivity index (χ3n) is 22.1. The average molecular weight is 2140 g/mol. The fourth-order valence-electron chi connectivity index (χ4n) is 14.7. The van der Waals surface area contributed by atoms with E-state index in [1.807, 2.05) is 161 Å². The van der Waals surface area contributed by atoms with Crippen molar-refractivity contribution >= 4 is 135 Å². The lowest BCUT2D eigenvalue weighted by Crippen LogP contribution is -2.25. The number of aliphatic hydroxyl groups is 3. The molecule has 5 aliphatic heterocycles. The number of carboxylic acid groups (broad SMARTS) is 1. The Kier molecular flexibility index (Phi) is 51.6. The van der Waals surface area contributed by atoms with Crippen LogP contribution < -0.4 is 0 Å². The highest BCUT2D eigenvalue weighted by molar-refractivity contribution is 9.10. The largest absolute Gasteiger partial charge is 0.478 e. The molecule has 5 aromatic heterocycles. The molecule has 17 rings (SSSR count). The molecule has 752 valence electrons. The second-order valence-electron chi connectivity index (χ2n) is 33.8. The minimum Gasteiger partial charge on any atom is -0.478 e. The van der Waals surface area contributed by atoms with Crippen LogP contribution in [0, 0.1) is 55.4 Å². The minimum atomic E-state index is -1.13. The third-order valence-corrected chi connectivity index (χ3v) is 23.8. The van der Waals surface area contributed by atoms with Crippen LogP contribution in [0.1, 0.15) is 239 Å². The molecule has 4 unspecified atom stereocenters. The van der Waals surface area contributed by atoms with Gasteiger partial charge in [-0.1, -0.05) is 161 Å². The van der Waals surface area contributed by atoms with Gasteiger partial charge in [0.05, 0.1) is 122 Å². The normalized spacial score (nSPS) is 15.0. The molecule has 10 heterocycles. The number of aryl methyl sites for hydroxylation is 2. The van der Waals surface area contributed by atoms with Crippen LogP contribution in [0.2, 0.25) is 0 Å². The molecular formula is C105H127Br2Cl3N15O15P. The molecule has 141 heavy (non-hydrogen) atoms. The van der Waals surface area contributed by atoms with Crippen molar-refractivity contribution in [2.45, 2.75) is 184 Å². The van der Waals surface area contributed by atoms with Crippen molar-refractivity contribution in [3.63, 3.8) is 0 Å². The Hall–Kier alpha value is -11.8. The molecule has 0 aliphatic carbocycles. The fraction of sp³-hybridized carbons (Fsp3) is 0.343. The van der Waals surface area contributed by atoms with Gasteiger partial charge in [-0.05, 0) is 216 Å². The number of halogens is 5. The molecule has 0 saturated carbocycles. The van der Waals surface area contributed by atoms with E-state index in [-0.39, 0.29) is 41.6 Å². The van der Waals surface area contributed by atoms with Gasteiger partial charge in [-0.25, -0.2) is 29.7 Å². The zero-order valence-corrected chi connectivity index (χ0v) is 89.9. The van der Waals surface area contributed by atoms with Gasteiger partial charge in [0.25, 0.3) is 0 Å². The maximum Gasteiger partial charge on any atom is 0.373 e. The number of carboxylic acids is 1. The Bertz CT molecular complexity index is 6200. The molecule has 30 nitrogen and oxygen atoms in total. The van der Waals surface area contributed by atoms with Crippen LogP contribution in [0.4, 0.5) is 0 Å². The summed E-state index contributed by atoms with van der Waals surface area (Å²) in [6.07, 6.45) is 21.3. The van der Waals surface area contributed by atoms with Gasteiger partial charge in [-0.15, -0.1) is 44.2 Å². The first-order valence-corrected chi connectivity index (χ1v) is 48.9. The van der Waals surface area contributed by atoms with Gasteiger partial charge in [0.1, 0.15) is 23.7 Å². The van der Waals surface area contributed by atoms with Gasteiger partial charge < -0.3 is 64.3 Å². The SMILES string of the molecule is CO.CPC.Cc1c(Br)cccc1C(=O)O.Cc1c(Br)cccc1C1=NC(C)(C)OC1.Cc1c(C(=O)c2cnc[nH]2)cccc1C1=NC(C)(C)OC1.Cc1c(C2=NC(C)(C)OC2)cccc1C(C)(O)c1cnc[nH]1.Cc1c(C2=NC(C)(C)OC2)cccc1C(O)c1cnc[nH]1.Cc1cccc(C(C)c2cnc[nH]2)c1C.Cc1ccccc1C(C)c1cnc[nH]1.Cl.ClCCl.O=C=O.O=C=O.O=CC1=CN=CC1. The zero-order chi connectivity index (χ0) is 104.